The molecule has 216 valence electrons. The van der Waals surface area contributed by atoms with Crippen molar-refractivity contribution >= 4 is 43.1 Å². The second-order valence-corrected chi connectivity index (χ2v) is 11.1. The molecule has 0 bridgehead atoms. The lowest BCUT2D eigenvalue weighted by Crippen LogP contribution is -2.04. The van der Waals surface area contributed by atoms with Crippen LogP contribution in [0.4, 0.5) is 22.0 Å². The van der Waals surface area contributed by atoms with E-state index in [1.807, 2.05) is 97.1 Å². The minimum atomic E-state index is -2.18. The predicted octanol–water partition coefficient (Wildman–Crippen LogP) is 12.0. The first-order valence-electron chi connectivity index (χ1n) is 14.4. The molecule has 5 heteroatoms. The Balaban J connectivity index is 1.53. The number of halogens is 5. The first kappa shape index (κ1) is 27.0. The van der Waals surface area contributed by atoms with Crippen molar-refractivity contribution in [3.63, 3.8) is 0 Å². The van der Waals surface area contributed by atoms with Crippen LogP contribution in [0.1, 0.15) is 0 Å². The molecule has 0 N–H and O–H groups in total. The number of hydrogen-bond donors (Lipinski definition) is 0. The van der Waals surface area contributed by atoms with E-state index in [1.54, 1.807) is 6.07 Å². The molecule has 0 radical (unpaired) electrons. The van der Waals surface area contributed by atoms with Gasteiger partial charge in [-0.2, -0.15) is 0 Å². The number of fused-ring (bicyclic) bond motifs is 4. The van der Waals surface area contributed by atoms with Crippen LogP contribution < -0.4 is 0 Å². The zero-order valence-corrected chi connectivity index (χ0v) is 23.5. The maximum absolute atomic E-state index is 15.1. The van der Waals surface area contributed by atoms with E-state index in [0.717, 1.165) is 60.0 Å². The molecule has 0 fully saturated rings. The Labute approximate surface area is 254 Å². The van der Waals surface area contributed by atoms with Gasteiger partial charge in [0.15, 0.2) is 23.3 Å². The van der Waals surface area contributed by atoms with Crippen LogP contribution >= 0.6 is 0 Å². The molecule has 0 aromatic heterocycles. The molecule has 0 aliphatic rings. The van der Waals surface area contributed by atoms with Crippen molar-refractivity contribution in [1.29, 1.82) is 0 Å². The second kappa shape index (κ2) is 10.3. The molecule has 0 amide bonds. The predicted molar refractivity (Wildman–Crippen MR) is 173 cm³/mol. The zero-order valence-electron chi connectivity index (χ0n) is 23.5. The normalized spacial score (nSPS) is 11.7. The number of benzene rings is 8. The average molecular weight is 597 g/mol. The summed E-state index contributed by atoms with van der Waals surface area (Å²) in [5.74, 6) is -9.87. The van der Waals surface area contributed by atoms with E-state index in [2.05, 4.69) is 12.1 Å². The van der Waals surface area contributed by atoms with E-state index in [0.29, 0.717) is 5.39 Å². The molecule has 8 aromatic carbocycles. The minimum Gasteiger partial charge on any atom is -0.203 e. The zero-order chi connectivity index (χ0) is 30.8. The van der Waals surface area contributed by atoms with Crippen LogP contribution in [-0.4, -0.2) is 0 Å². The van der Waals surface area contributed by atoms with Crippen LogP contribution in [0, 0.1) is 29.1 Å². The Hall–Kier alpha value is -5.55. The van der Waals surface area contributed by atoms with Crippen molar-refractivity contribution in [1.82, 2.24) is 0 Å². The van der Waals surface area contributed by atoms with Gasteiger partial charge in [-0.25, -0.2) is 22.0 Å². The maximum Gasteiger partial charge on any atom is 0.200 e. The highest BCUT2D eigenvalue weighted by atomic mass is 19.2. The summed E-state index contributed by atoms with van der Waals surface area (Å²) >= 11 is 0. The molecule has 0 atom stereocenters. The van der Waals surface area contributed by atoms with Gasteiger partial charge in [0.25, 0.3) is 0 Å². The van der Waals surface area contributed by atoms with Crippen LogP contribution in [0.25, 0.3) is 76.5 Å². The number of rotatable bonds is 3. The van der Waals surface area contributed by atoms with Gasteiger partial charge >= 0.3 is 0 Å². The Bertz CT molecular complexity index is 2470. The van der Waals surface area contributed by atoms with Crippen molar-refractivity contribution in [2.45, 2.75) is 0 Å². The van der Waals surface area contributed by atoms with Crippen molar-refractivity contribution in [2.75, 3.05) is 0 Å². The van der Waals surface area contributed by atoms with Gasteiger partial charge in [0.2, 0.25) is 5.82 Å². The summed E-state index contributed by atoms with van der Waals surface area (Å²) in [7, 11) is 0. The second-order valence-electron chi connectivity index (χ2n) is 11.1. The smallest absolute Gasteiger partial charge is 0.200 e. The third kappa shape index (κ3) is 4.19. The SMILES string of the molecule is Fc1c(F)c(F)c(-c2ccc3c(-c4ccc5ccccc5c4)c4ccccc4c(-c4ccc5ccccc5c4)c3c2)c(F)c1F. The van der Waals surface area contributed by atoms with Gasteiger partial charge in [-0.3, -0.25) is 0 Å². The van der Waals surface area contributed by atoms with Gasteiger partial charge in [0.05, 0.1) is 5.56 Å². The van der Waals surface area contributed by atoms with Crippen molar-refractivity contribution in [2.24, 2.45) is 0 Å². The summed E-state index contributed by atoms with van der Waals surface area (Å²) in [4.78, 5) is 0. The monoisotopic (exact) mass is 596 g/mol. The van der Waals surface area contributed by atoms with E-state index < -0.39 is 34.6 Å². The van der Waals surface area contributed by atoms with Crippen molar-refractivity contribution < 1.29 is 22.0 Å². The molecule has 0 saturated carbocycles. The average Bonchev–Trinajstić information content (AvgIpc) is 3.08. The van der Waals surface area contributed by atoms with Gasteiger partial charge in [-0.1, -0.05) is 109 Å². The molecule has 8 rings (SSSR count). The Morgan fingerprint density at radius 2 is 0.644 bits per heavy atom. The molecular formula is C40H21F5. The molecule has 0 saturated heterocycles. The van der Waals surface area contributed by atoms with Crippen LogP contribution in [0.3, 0.4) is 0 Å². The topological polar surface area (TPSA) is 0 Å². The van der Waals surface area contributed by atoms with E-state index in [1.165, 1.54) is 12.1 Å². The lowest BCUT2D eigenvalue weighted by Gasteiger charge is -2.19. The molecule has 0 aliphatic heterocycles. The van der Waals surface area contributed by atoms with Crippen LogP contribution in [0.15, 0.2) is 127 Å². The largest absolute Gasteiger partial charge is 0.203 e. The highest BCUT2D eigenvalue weighted by Gasteiger charge is 2.27. The molecule has 8 aromatic rings. The third-order valence-corrected chi connectivity index (χ3v) is 8.60. The third-order valence-electron chi connectivity index (χ3n) is 8.60. The van der Waals surface area contributed by atoms with Gasteiger partial charge < -0.3 is 0 Å². The molecule has 0 aliphatic carbocycles. The fraction of sp³-hybridized carbons (Fsp3) is 0. The summed E-state index contributed by atoms with van der Waals surface area (Å²) in [6.07, 6.45) is 0. The molecular weight excluding hydrogens is 575 g/mol. The fourth-order valence-electron chi connectivity index (χ4n) is 6.50. The Kier molecular flexibility index (Phi) is 6.17. The molecule has 45 heavy (non-hydrogen) atoms. The first-order chi connectivity index (χ1) is 21.9. The highest BCUT2D eigenvalue weighted by molar-refractivity contribution is 6.22. The van der Waals surface area contributed by atoms with Gasteiger partial charge in [-0.15, -0.1) is 0 Å². The summed E-state index contributed by atoms with van der Waals surface area (Å²) in [5.41, 5.74) is 2.41. The van der Waals surface area contributed by atoms with E-state index in [-0.39, 0.29) is 5.56 Å². The Morgan fingerprint density at radius 3 is 1.18 bits per heavy atom. The standard InChI is InChI=1S/C40H21F5/c41-36-35(37(42)39(44)40(45)38(36)43)28-17-18-31-32(21-28)34(27-16-14-23-8-2-4-10-25(23)20-27)30-12-6-5-11-29(30)33(31)26-15-13-22-7-1-3-9-24(22)19-26/h1-21H. The molecule has 0 nitrogen and oxygen atoms in total. The van der Waals surface area contributed by atoms with Gasteiger partial charge in [-0.05, 0) is 89.1 Å². The number of hydrogen-bond acceptors (Lipinski definition) is 0. The lowest BCUT2D eigenvalue weighted by molar-refractivity contribution is 0.381. The van der Waals surface area contributed by atoms with Gasteiger partial charge in [0.1, 0.15) is 0 Å². The lowest BCUT2D eigenvalue weighted by atomic mass is 9.84. The van der Waals surface area contributed by atoms with Crippen LogP contribution in [0.2, 0.25) is 0 Å². The summed E-state index contributed by atoms with van der Waals surface area (Å²) in [6, 6.07) is 40.8. The first-order valence-corrected chi connectivity index (χ1v) is 14.4. The van der Waals surface area contributed by atoms with Crippen molar-refractivity contribution in [3.8, 4) is 33.4 Å². The Morgan fingerprint density at radius 1 is 0.267 bits per heavy atom. The van der Waals surface area contributed by atoms with Crippen LogP contribution in [-0.2, 0) is 0 Å². The van der Waals surface area contributed by atoms with Crippen molar-refractivity contribution in [3.05, 3.63) is 156 Å². The highest BCUT2D eigenvalue weighted by Crippen LogP contribution is 2.46. The fourth-order valence-corrected chi connectivity index (χ4v) is 6.50. The summed E-state index contributed by atoms with van der Waals surface area (Å²) in [5, 5.41) is 7.42. The van der Waals surface area contributed by atoms with E-state index in [9.17, 15) is 13.2 Å². The molecule has 0 spiro atoms. The minimum absolute atomic E-state index is 0.114. The molecule has 0 heterocycles. The summed E-state index contributed by atoms with van der Waals surface area (Å²) in [6.45, 7) is 0. The maximum atomic E-state index is 15.1. The van der Waals surface area contributed by atoms with Gasteiger partial charge in [0, 0.05) is 0 Å². The van der Waals surface area contributed by atoms with E-state index in [4.69, 9.17) is 0 Å². The quantitative estimate of drug-likeness (QED) is 0.0824. The summed E-state index contributed by atoms with van der Waals surface area (Å²) < 4.78 is 72.9. The molecule has 0 unspecified atom stereocenters. The van der Waals surface area contributed by atoms with Crippen LogP contribution in [0.5, 0.6) is 0 Å². The van der Waals surface area contributed by atoms with E-state index >= 15 is 8.78 Å².